The Morgan fingerprint density at radius 1 is 1.32 bits per heavy atom. The number of rotatable bonds is 5. The van der Waals surface area contributed by atoms with Gasteiger partial charge in [-0.15, -0.1) is 0 Å². The van der Waals surface area contributed by atoms with Gasteiger partial charge in [0.2, 0.25) is 0 Å². The van der Waals surface area contributed by atoms with E-state index in [0.717, 1.165) is 31.6 Å². The van der Waals surface area contributed by atoms with Gasteiger partial charge in [0.25, 0.3) is 0 Å². The van der Waals surface area contributed by atoms with E-state index in [-0.39, 0.29) is 18.1 Å². The summed E-state index contributed by atoms with van der Waals surface area (Å²) in [5.41, 5.74) is 1.01. The number of hydrogen-bond acceptors (Lipinski definition) is 5. The van der Waals surface area contributed by atoms with Gasteiger partial charge in [-0.1, -0.05) is 38.8 Å². The van der Waals surface area contributed by atoms with Crippen LogP contribution in [0.2, 0.25) is 5.02 Å². The van der Waals surface area contributed by atoms with E-state index in [2.05, 4.69) is 31.0 Å². The Labute approximate surface area is 173 Å². The molecule has 0 spiro atoms. The van der Waals surface area contributed by atoms with Crippen molar-refractivity contribution in [1.82, 2.24) is 5.32 Å². The van der Waals surface area contributed by atoms with Crippen molar-refractivity contribution in [3.63, 3.8) is 0 Å². The molecule has 0 radical (unpaired) electrons. The lowest BCUT2D eigenvalue weighted by Gasteiger charge is -2.39. The molecule has 28 heavy (non-hydrogen) atoms. The van der Waals surface area contributed by atoms with Crippen LogP contribution in [0, 0.1) is 17.8 Å². The van der Waals surface area contributed by atoms with Crippen molar-refractivity contribution < 1.29 is 14.3 Å². The normalized spacial score (nSPS) is 28.3. The number of esters is 1. The van der Waals surface area contributed by atoms with Crippen LogP contribution in [0.5, 0.6) is 5.75 Å². The molecule has 1 aliphatic carbocycles. The molecule has 5 nitrogen and oxygen atoms in total. The van der Waals surface area contributed by atoms with Crippen LogP contribution in [-0.2, 0) is 9.53 Å². The summed E-state index contributed by atoms with van der Waals surface area (Å²) in [7, 11) is 1.61. The summed E-state index contributed by atoms with van der Waals surface area (Å²) in [6, 6.07) is 5.41. The van der Waals surface area contributed by atoms with Crippen molar-refractivity contribution in [3.05, 3.63) is 23.2 Å². The number of benzene rings is 1. The second-order valence-electron chi connectivity index (χ2n) is 8.57. The number of carbonyl (C=O) groups excluding carboxylic acids is 1. The van der Waals surface area contributed by atoms with E-state index in [1.165, 1.54) is 6.42 Å². The van der Waals surface area contributed by atoms with E-state index in [0.29, 0.717) is 35.1 Å². The van der Waals surface area contributed by atoms with Crippen LogP contribution in [0.15, 0.2) is 18.2 Å². The smallest absolute Gasteiger partial charge is 0.325 e. The number of ether oxygens (including phenoxy) is 2. The number of hydrogen-bond donors (Lipinski definition) is 1. The molecule has 1 heterocycles. The fourth-order valence-electron chi connectivity index (χ4n) is 4.47. The fourth-order valence-corrected chi connectivity index (χ4v) is 4.66. The Kier molecular flexibility index (Phi) is 7.10. The zero-order chi connectivity index (χ0) is 20.3. The summed E-state index contributed by atoms with van der Waals surface area (Å²) in [5, 5.41) is 3.92. The van der Waals surface area contributed by atoms with Gasteiger partial charge in [0.15, 0.2) is 0 Å². The second kappa shape index (κ2) is 9.36. The summed E-state index contributed by atoms with van der Waals surface area (Å²) < 4.78 is 11.4. The molecule has 156 valence electrons. The maximum atomic E-state index is 12.9. The third kappa shape index (κ3) is 4.93. The minimum atomic E-state index is -0.319. The van der Waals surface area contributed by atoms with Crippen LogP contribution in [0.4, 0.5) is 5.69 Å². The van der Waals surface area contributed by atoms with Gasteiger partial charge in [0, 0.05) is 31.4 Å². The van der Waals surface area contributed by atoms with Crippen LogP contribution < -0.4 is 15.0 Å². The Bertz CT molecular complexity index is 682. The number of halogens is 1. The minimum Gasteiger partial charge on any atom is -0.495 e. The molecule has 0 aromatic heterocycles. The molecular weight excluding hydrogens is 376 g/mol. The molecule has 0 amide bonds. The Hall–Kier alpha value is -1.46. The number of nitrogens with zero attached hydrogens (tertiary/aromatic N) is 1. The van der Waals surface area contributed by atoms with Crippen LogP contribution in [0.25, 0.3) is 0 Å². The first-order valence-electron chi connectivity index (χ1n) is 10.4. The third-order valence-corrected chi connectivity index (χ3v) is 6.50. The molecule has 2 fully saturated rings. The predicted molar refractivity (Wildman–Crippen MR) is 113 cm³/mol. The summed E-state index contributed by atoms with van der Waals surface area (Å²) >= 11 is 6.14. The van der Waals surface area contributed by atoms with Crippen LogP contribution >= 0.6 is 11.6 Å². The Morgan fingerprint density at radius 3 is 2.82 bits per heavy atom. The van der Waals surface area contributed by atoms with E-state index in [1.54, 1.807) is 7.11 Å². The average Bonchev–Trinajstić information content (AvgIpc) is 2.68. The highest BCUT2D eigenvalue weighted by molar-refractivity contribution is 6.32. The third-order valence-electron chi connectivity index (χ3n) is 6.19. The zero-order valence-electron chi connectivity index (χ0n) is 17.4. The lowest BCUT2D eigenvalue weighted by molar-refractivity contribution is -0.158. The quantitative estimate of drug-likeness (QED) is 0.742. The maximum Gasteiger partial charge on any atom is 0.325 e. The number of carbonyl (C=O) groups is 1. The summed E-state index contributed by atoms with van der Waals surface area (Å²) in [4.78, 5) is 15.1. The van der Waals surface area contributed by atoms with E-state index >= 15 is 0 Å². The molecule has 4 atom stereocenters. The molecule has 0 bridgehead atoms. The molecule has 1 aliphatic heterocycles. The van der Waals surface area contributed by atoms with E-state index in [4.69, 9.17) is 21.1 Å². The molecule has 2 aliphatic rings. The molecule has 1 N–H and O–H groups in total. The molecular formula is C22H33ClN2O3. The van der Waals surface area contributed by atoms with Gasteiger partial charge in [0.05, 0.1) is 12.1 Å². The molecule has 3 rings (SSSR count). The van der Waals surface area contributed by atoms with Gasteiger partial charge in [-0.3, -0.25) is 4.79 Å². The van der Waals surface area contributed by atoms with Crippen molar-refractivity contribution in [3.8, 4) is 5.75 Å². The van der Waals surface area contributed by atoms with E-state index in [9.17, 15) is 4.79 Å². The Balaban J connectivity index is 1.65. The molecule has 1 saturated carbocycles. The first-order chi connectivity index (χ1) is 13.4. The fraction of sp³-hybridized carbons (Fsp3) is 0.682. The summed E-state index contributed by atoms with van der Waals surface area (Å²) in [5.74, 6) is 2.12. The topological polar surface area (TPSA) is 50.8 Å². The highest BCUT2D eigenvalue weighted by Crippen LogP contribution is 2.35. The molecule has 1 aromatic rings. The van der Waals surface area contributed by atoms with Crippen LogP contribution in [-0.4, -0.2) is 44.9 Å². The first-order valence-corrected chi connectivity index (χ1v) is 10.8. The monoisotopic (exact) mass is 408 g/mol. The van der Waals surface area contributed by atoms with Gasteiger partial charge in [0.1, 0.15) is 17.9 Å². The number of nitrogens with one attached hydrogen (secondary N) is 1. The minimum absolute atomic E-state index is 0.0315. The van der Waals surface area contributed by atoms with Gasteiger partial charge in [-0.25, -0.2) is 0 Å². The zero-order valence-corrected chi connectivity index (χ0v) is 18.2. The highest BCUT2D eigenvalue weighted by Gasteiger charge is 2.36. The molecule has 1 aromatic carbocycles. The van der Waals surface area contributed by atoms with Crippen molar-refractivity contribution in [1.29, 1.82) is 0 Å². The van der Waals surface area contributed by atoms with Gasteiger partial charge >= 0.3 is 5.97 Å². The first kappa shape index (κ1) is 21.3. The van der Waals surface area contributed by atoms with E-state index < -0.39 is 0 Å². The molecule has 1 saturated heterocycles. The number of anilines is 1. The number of piperazine rings is 1. The predicted octanol–water partition coefficient (Wildman–Crippen LogP) is 4.13. The van der Waals surface area contributed by atoms with Crippen molar-refractivity contribution >= 4 is 23.3 Å². The lowest BCUT2D eigenvalue weighted by atomic mass is 9.75. The van der Waals surface area contributed by atoms with Gasteiger partial charge in [-0.05, 0) is 42.7 Å². The van der Waals surface area contributed by atoms with Gasteiger partial charge < -0.3 is 19.7 Å². The average molecular weight is 409 g/mol. The largest absolute Gasteiger partial charge is 0.495 e. The van der Waals surface area contributed by atoms with E-state index in [1.807, 2.05) is 18.2 Å². The van der Waals surface area contributed by atoms with Crippen molar-refractivity contribution in [2.75, 3.05) is 31.6 Å². The summed E-state index contributed by atoms with van der Waals surface area (Å²) in [6.45, 7) is 8.86. The van der Waals surface area contributed by atoms with Crippen molar-refractivity contribution in [2.24, 2.45) is 17.8 Å². The molecule has 4 unspecified atom stereocenters. The van der Waals surface area contributed by atoms with Crippen LogP contribution in [0.1, 0.15) is 40.0 Å². The highest BCUT2D eigenvalue weighted by atomic mass is 35.5. The van der Waals surface area contributed by atoms with Crippen molar-refractivity contribution in [2.45, 2.75) is 52.2 Å². The van der Waals surface area contributed by atoms with Gasteiger partial charge in [-0.2, -0.15) is 0 Å². The summed E-state index contributed by atoms with van der Waals surface area (Å²) in [6.07, 6.45) is 3.37. The van der Waals surface area contributed by atoms with Crippen LogP contribution in [0.3, 0.4) is 0 Å². The maximum absolute atomic E-state index is 12.9. The SMILES string of the molecule is COc1cc(N2CCNC(C(=O)OC3CC(C)CCC3C(C)C)C2)ccc1Cl. The number of methoxy groups -OCH3 is 1. The standard InChI is InChI=1S/C22H33ClN2O3/c1-14(2)17-7-5-15(3)11-20(17)28-22(26)19-13-25(10-9-24-19)16-6-8-18(23)21(12-16)27-4/h6,8,12,14-15,17,19-20,24H,5,7,9-11,13H2,1-4H3. The molecule has 6 heteroatoms. The lowest BCUT2D eigenvalue weighted by Crippen LogP contribution is -2.55. The second-order valence-corrected chi connectivity index (χ2v) is 8.98. The Morgan fingerprint density at radius 2 is 2.11 bits per heavy atom.